The number of hydrogen-bond donors (Lipinski definition) is 2. The molecule has 13 heteroatoms. The first kappa shape index (κ1) is 40.7. The molecule has 0 spiro atoms. The number of pyridine rings is 2. The minimum Gasteiger partial charge on any atom is -0.459 e. The van der Waals surface area contributed by atoms with Crippen LogP contribution >= 0.6 is 0 Å². The number of benzene rings is 4. The van der Waals surface area contributed by atoms with Crippen LogP contribution in [0.1, 0.15) is 73.9 Å². The second-order valence-electron chi connectivity index (χ2n) is 16.1. The van der Waals surface area contributed by atoms with Crippen LogP contribution < -0.4 is 10.6 Å². The van der Waals surface area contributed by atoms with Crippen molar-refractivity contribution in [3.8, 4) is 11.1 Å². The number of carbonyl (C=O) groups excluding carboxylic acids is 4. The average molecular weight is 818 g/mol. The molecule has 61 heavy (non-hydrogen) atoms. The first-order valence-corrected chi connectivity index (χ1v) is 20.6. The standard InChI is InChI=1S/C48H47N7O6/c1-48(2,3)61-41(57)28-55(26-25-52-47(59)60-29-37-33-15-8-6-13-31(33)32-14-7-9-16-34(32)37)40(56)19-5-4-10-22-51-46(58)30-20-21-38-39(27-30)54-45-36-18-12-24-50-43(36)42-35(44(45)53-38)17-11-23-49-42/h6-9,11-18,20-21,23-24,27,37H,4-5,10,19,22,25-26,28-29H2,1-3H3,(H,51,58)(H,52,59). The summed E-state index contributed by atoms with van der Waals surface area (Å²) in [6, 6.07) is 29.2. The Bertz CT molecular complexity index is 2760. The lowest BCUT2D eigenvalue weighted by Crippen LogP contribution is -2.43. The third kappa shape index (κ3) is 9.10. The molecule has 0 fully saturated rings. The first-order valence-electron chi connectivity index (χ1n) is 20.6. The number of carbonyl (C=O) groups is 4. The topological polar surface area (TPSA) is 166 Å². The van der Waals surface area contributed by atoms with Gasteiger partial charge >= 0.3 is 12.1 Å². The molecule has 0 saturated carbocycles. The number of amides is 3. The van der Waals surface area contributed by atoms with Crippen LogP contribution in [-0.2, 0) is 19.1 Å². The van der Waals surface area contributed by atoms with Crippen LogP contribution in [0.15, 0.2) is 103 Å². The maximum Gasteiger partial charge on any atom is 0.407 e. The number of ether oxygens (including phenoxy) is 2. The van der Waals surface area contributed by atoms with Crippen molar-refractivity contribution in [2.75, 3.05) is 32.8 Å². The molecule has 2 N–H and O–H groups in total. The number of fused-ring (bicyclic) bond motifs is 10. The molecule has 13 nitrogen and oxygen atoms in total. The van der Waals surface area contributed by atoms with Crippen molar-refractivity contribution in [2.45, 2.75) is 58.0 Å². The van der Waals surface area contributed by atoms with Crippen molar-refractivity contribution in [1.29, 1.82) is 0 Å². The number of nitrogens with zero attached hydrogens (tertiary/aromatic N) is 5. The van der Waals surface area contributed by atoms with E-state index in [9.17, 15) is 19.2 Å². The molecular weight excluding hydrogens is 771 g/mol. The fraction of sp³-hybridized carbons (Fsp3) is 0.292. The van der Waals surface area contributed by atoms with Crippen LogP contribution in [0.3, 0.4) is 0 Å². The van der Waals surface area contributed by atoms with Crippen molar-refractivity contribution in [2.24, 2.45) is 0 Å². The van der Waals surface area contributed by atoms with E-state index in [0.717, 1.165) is 49.6 Å². The summed E-state index contributed by atoms with van der Waals surface area (Å²) in [6.07, 6.45) is 4.92. The molecule has 0 unspecified atom stereocenters. The Morgan fingerprint density at radius 2 is 1.33 bits per heavy atom. The van der Waals surface area contributed by atoms with E-state index in [0.29, 0.717) is 47.9 Å². The third-order valence-corrected chi connectivity index (χ3v) is 10.7. The van der Waals surface area contributed by atoms with Crippen LogP contribution in [0, 0.1) is 0 Å². The van der Waals surface area contributed by atoms with Gasteiger partial charge in [0, 0.05) is 60.7 Å². The van der Waals surface area contributed by atoms with E-state index in [4.69, 9.17) is 19.4 Å². The maximum atomic E-state index is 13.4. The van der Waals surface area contributed by atoms with Crippen molar-refractivity contribution >= 4 is 67.7 Å². The Kier molecular flexibility index (Phi) is 11.8. The Balaban J connectivity index is 0.819. The second kappa shape index (κ2) is 17.7. The molecule has 1 aliphatic carbocycles. The fourth-order valence-corrected chi connectivity index (χ4v) is 7.95. The minimum atomic E-state index is -0.718. The summed E-state index contributed by atoms with van der Waals surface area (Å²) in [5, 5.41) is 7.42. The van der Waals surface area contributed by atoms with Gasteiger partial charge in [-0.25, -0.2) is 14.8 Å². The first-order chi connectivity index (χ1) is 29.5. The summed E-state index contributed by atoms with van der Waals surface area (Å²) < 4.78 is 11.1. The third-order valence-electron chi connectivity index (χ3n) is 10.7. The number of rotatable bonds is 14. The Labute approximate surface area is 352 Å². The van der Waals surface area contributed by atoms with E-state index < -0.39 is 17.7 Å². The SMILES string of the molecule is CC(C)(C)OC(=O)CN(CCNC(=O)OCC1c2ccccc2-c2ccccc21)C(=O)CCCCCNC(=O)c1ccc2nc3c4cccnc4c4ncccc4c3nc2c1. The smallest absolute Gasteiger partial charge is 0.407 e. The molecular formula is C48H47N7O6. The number of esters is 1. The predicted octanol–water partition coefficient (Wildman–Crippen LogP) is 7.88. The van der Waals surface area contributed by atoms with Crippen molar-refractivity contribution in [1.82, 2.24) is 35.5 Å². The quantitative estimate of drug-likeness (QED) is 0.0477. The van der Waals surface area contributed by atoms with Gasteiger partial charge < -0.3 is 25.0 Å². The largest absolute Gasteiger partial charge is 0.459 e. The van der Waals surface area contributed by atoms with E-state index in [1.54, 1.807) is 51.4 Å². The molecule has 0 bridgehead atoms. The highest BCUT2D eigenvalue weighted by atomic mass is 16.6. The van der Waals surface area contributed by atoms with Crippen LogP contribution in [-0.4, -0.2) is 87.1 Å². The summed E-state index contributed by atoms with van der Waals surface area (Å²) in [7, 11) is 0. The summed E-state index contributed by atoms with van der Waals surface area (Å²) in [5.41, 5.74) is 8.43. The van der Waals surface area contributed by atoms with Crippen LogP contribution in [0.5, 0.6) is 0 Å². The van der Waals surface area contributed by atoms with Gasteiger partial charge in [-0.2, -0.15) is 0 Å². The van der Waals surface area contributed by atoms with Gasteiger partial charge in [-0.1, -0.05) is 55.0 Å². The molecule has 310 valence electrons. The zero-order chi connectivity index (χ0) is 42.5. The molecule has 0 atom stereocenters. The molecule has 4 aromatic carbocycles. The molecule has 3 aromatic heterocycles. The number of aromatic nitrogens is 4. The lowest BCUT2D eigenvalue weighted by atomic mass is 9.98. The summed E-state index contributed by atoms with van der Waals surface area (Å²) in [5.74, 6) is -1.08. The monoisotopic (exact) mass is 817 g/mol. The van der Waals surface area contributed by atoms with E-state index in [1.165, 1.54) is 4.90 Å². The van der Waals surface area contributed by atoms with Gasteiger partial charge in [0.15, 0.2) is 0 Å². The van der Waals surface area contributed by atoms with Crippen molar-refractivity contribution < 1.29 is 28.7 Å². The molecule has 7 aromatic rings. The van der Waals surface area contributed by atoms with E-state index >= 15 is 0 Å². The van der Waals surface area contributed by atoms with Gasteiger partial charge in [-0.3, -0.25) is 24.4 Å². The normalized spacial score (nSPS) is 12.3. The number of nitrogens with one attached hydrogen (secondary N) is 2. The number of alkyl carbamates (subject to hydrolysis) is 1. The summed E-state index contributed by atoms with van der Waals surface area (Å²) >= 11 is 0. The lowest BCUT2D eigenvalue weighted by molar-refractivity contribution is -0.158. The van der Waals surface area contributed by atoms with Gasteiger partial charge in [0.2, 0.25) is 5.91 Å². The van der Waals surface area contributed by atoms with Gasteiger partial charge in [0.25, 0.3) is 5.91 Å². The van der Waals surface area contributed by atoms with Crippen LogP contribution in [0.4, 0.5) is 4.79 Å². The van der Waals surface area contributed by atoms with Crippen molar-refractivity contribution in [3.05, 3.63) is 120 Å². The molecule has 0 radical (unpaired) electrons. The number of hydrogen-bond acceptors (Lipinski definition) is 10. The van der Waals surface area contributed by atoms with Crippen LogP contribution in [0.2, 0.25) is 0 Å². The molecule has 1 aliphatic rings. The highest BCUT2D eigenvalue weighted by Gasteiger charge is 2.29. The molecule has 3 heterocycles. The predicted molar refractivity (Wildman–Crippen MR) is 234 cm³/mol. The van der Waals surface area contributed by atoms with Gasteiger partial charge in [-0.15, -0.1) is 0 Å². The molecule has 0 aliphatic heterocycles. The lowest BCUT2D eigenvalue weighted by Gasteiger charge is -2.25. The summed E-state index contributed by atoms with van der Waals surface area (Å²) in [4.78, 5) is 72.6. The van der Waals surface area contributed by atoms with Crippen molar-refractivity contribution in [3.63, 3.8) is 0 Å². The molecule has 3 amide bonds. The molecule has 0 saturated heterocycles. The van der Waals surface area contributed by atoms with Crippen LogP contribution in [0.25, 0.3) is 55.0 Å². The highest BCUT2D eigenvalue weighted by Crippen LogP contribution is 2.44. The minimum absolute atomic E-state index is 0.0779. The Hall–Kier alpha value is -7.02. The maximum absolute atomic E-state index is 13.4. The zero-order valence-electron chi connectivity index (χ0n) is 34.4. The van der Waals surface area contributed by atoms with Gasteiger partial charge in [0.1, 0.15) is 18.8 Å². The average Bonchev–Trinajstić information content (AvgIpc) is 3.58. The van der Waals surface area contributed by atoms with Gasteiger partial charge in [0.05, 0.1) is 33.1 Å². The highest BCUT2D eigenvalue weighted by molar-refractivity contribution is 6.21. The fourth-order valence-electron chi connectivity index (χ4n) is 7.95. The van der Waals surface area contributed by atoms with E-state index in [-0.39, 0.29) is 50.4 Å². The van der Waals surface area contributed by atoms with Gasteiger partial charge in [-0.05, 0) is 98.3 Å². The summed E-state index contributed by atoms with van der Waals surface area (Å²) in [6.45, 7) is 5.83. The Morgan fingerprint density at radius 1 is 0.689 bits per heavy atom. The Morgan fingerprint density at radius 3 is 1.98 bits per heavy atom. The second-order valence-corrected chi connectivity index (χ2v) is 16.1. The van der Waals surface area contributed by atoms with E-state index in [1.807, 2.05) is 48.5 Å². The zero-order valence-corrected chi connectivity index (χ0v) is 34.4. The molecule has 8 rings (SSSR count). The van der Waals surface area contributed by atoms with E-state index in [2.05, 4.69) is 44.9 Å². The number of unbranched alkanes of at least 4 members (excludes halogenated alkanes) is 2.